The van der Waals surface area contributed by atoms with Crippen LogP contribution in [0.1, 0.15) is 22.5 Å². The molecule has 134 valence electrons. The average Bonchev–Trinajstić information content (AvgIpc) is 3.08. The predicted molar refractivity (Wildman–Crippen MR) is 100 cm³/mol. The third-order valence-electron chi connectivity index (χ3n) is 4.21. The summed E-state index contributed by atoms with van der Waals surface area (Å²) in [5, 5.41) is 2.85. The van der Waals surface area contributed by atoms with E-state index in [1.807, 2.05) is 48.0 Å². The van der Waals surface area contributed by atoms with Gasteiger partial charge in [-0.25, -0.2) is 4.98 Å². The van der Waals surface area contributed by atoms with Crippen molar-refractivity contribution in [2.24, 2.45) is 5.73 Å². The van der Waals surface area contributed by atoms with Gasteiger partial charge in [-0.1, -0.05) is 36.4 Å². The summed E-state index contributed by atoms with van der Waals surface area (Å²) in [6.45, 7) is 3.09. The summed E-state index contributed by atoms with van der Waals surface area (Å²) in [5.41, 5.74) is 9.92. The lowest BCUT2D eigenvalue weighted by atomic mass is 10.1. The van der Waals surface area contributed by atoms with E-state index < -0.39 is 6.04 Å². The fourth-order valence-corrected chi connectivity index (χ4v) is 2.72. The zero-order valence-electron chi connectivity index (χ0n) is 14.8. The third-order valence-corrected chi connectivity index (χ3v) is 4.21. The highest BCUT2D eigenvalue weighted by Crippen LogP contribution is 2.06. The lowest BCUT2D eigenvalue weighted by Crippen LogP contribution is -2.41. The van der Waals surface area contributed by atoms with Gasteiger partial charge in [-0.15, -0.1) is 0 Å². The molecule has 2 heterocycles. The molecule has 0 radical (unpaired) electrons. The first-order valence-corrected chi connectivity index (χ1v) is 8.60. The minimum atomic E-state index is -0.640. The Bertz CT molecular complexity index is 859. The predicted octanol–water partition coefficient (Wildman–Crippen LogP) is 1.82. The van der Waals surface area contributed by atoms with Crippen molar-refractivity contribution in [2.75, 3.05) is 0 Å². The van der Waals surface area contributed by atoms with Crippen molar-refractivity contribution < 1.29 is 4.79 Å². The lowest BCUT2D eigenvalue weighted by molar-refractivity contribution is -0.122. The molecule has 0 fully saturated rings. The first kappa shape index (κ1) is 17.8. The van der Waals surface area contributed by atoms with Crippen LogP contribution in [0.3, 0.4) is 0 Å². The van der Waals surface area contributed by atoms with Crippen LogP contribution < -0.4 is 11.1 Å². The molecule has 6 heteroatoms. The molecule has 0 unspecified atom stereocenters. The van der Waals surface area contributed by atoms with Gasteiger partial charge < -0.3 is 15.6 Å². The van der Waals surface area contributed by atoms with E-state index in [0.717, 1.165) is 23.5 Å². The number of nitrogens with one attached hydrogen (secondary N) is 1. The molecule has 3 N–H and O–H groups in total. The quantitative estimate of drug-likeness (QED) is 0.681. The minimum Gasteiger partial charge on any atom is -0.349 e. The number of amides is 1. The normalized spacial score (nSPS) is 11.9. The second kappa shape index (κ2) is 8.40. The number of nitrogens with two attached hydrogens (primary N) is 1. The maximum absolute atomic E-state index is 12.2. The van der Waals surface area contributed by atoms with Crippen molar-refractivity contribution in [3.05, 3.63) is 83.7 Å². The van der Waals surface area contributed by atoms with Crippen LogP contribution in [0.25, 0.3) is 0 Å². The summed E-state index contributed by atoms with van der Waals surface area (Å²) in [7, 11) is 0. The van der Waals surface area contributed by atoms with E-state index in [2.05, 4.69) is 27.4 Å². The highest BCUT2D eigenvalue weighted by molar-refractivity contribution is 5.81. The van der Waals surface area contributed by atoms with E-state index in [9.17, 15) is 4.79 Å². The molecule has 6 nitrogen and oxygen atoms in total. The fraction of sp³-hybridized carbons (Fsp3) is 0.250. The molecule has 0 saturated heterocycles. The largest absolute Gasteiger partial charge is 0.349 e. The second-order valence-corrected chi connectivity index (χ2v) is 6.32. The van der Waals surface area contributed by atoms with Crippen LogP contribution >= 0.6 is 0 Å². The molecule has 2 aromatic heterocycles. The summed E-state index contributed by atoms with van der Waals surface area (Å²) in [5.74, 6) is -0.201. The molecule has 0 aliphatic heterocycles. The summed E-state index contributed by atoms with van der Waals surface area (Å²) in [4.78, 5) is 20.9. The molecule has 3 aromatic rings. The topological polar surface area (TPSA) is 85.8 Å². The van der Waals surface area contributed by atoms with Crippen molar-refractivity contribution in [3.63, 3.8) is 0 Å². The fourth-order valence-electron chi connectivity index (χ4n) is 2.72. The van der Waals surface area contributed by atoms with Crippen LogP contribution in [-0.2, 0) is 24.3 Å². The van der Waals surface area contributed by atoms with Crippen LogP contribution in [0.2, 0.25) is 0 Å². The number of carbonyl (C=O) groups is 1. The summed E-state index contributed by atoms with van der Waals surface area (Å²) in [6, 6.07) is 13.3. The SMILES string of the molecule is Cc1cccnc1CNC(=O)[C@@H](N)Cc1cn(Cc2ccccc2)cn1. The number of aromatic nitrogens is 3. The Morgan fingerprint density at radius 1 is 1.19 bits per heavy atom. The smallest absolute Gasteiger partial charge is 0.237 e. The molecular weight excluding hydrogens is 326 g/mol. The zero-order chi connectivity index (χ0) is 18.4. The third kappa shape index (κ3) is 4.77. The van der Waals surface area contributed by atoms with Gasteiger partial charge in [-0.3, -0.25) is 9.78 Å². The maximum atomic E-state index is 12.2. The Hall–Kier alpha value is -2.99. The molecule has 0 bridgehead atoms. The second-order valence-electron chi connectivity index (χ2n) is 6.32. The van der Waals surface area contributed by atoms with E-state index in [1.54, 1.807) is 12.5 Å². The molecule has 0 aliphatic carbocycles. The van der Waals surface area contributed by atoms with Crippen LogP contribution in [0.5, 0.6) is 0 Å². The van der Waals surface area contributed by atoms with Gasteiger partial charge in [0.2, 0.25) is 5.91 Å². The molecule has 0 spiro atoms. The minimum absolute atomic E-state index is 0.201. The van der Waals surface area contributed by atoms with Crippen molar-refractivity contribution >= 4 is 5.91 Å². The Labute approximate surface area is 153 Å². The van der Waals surface area contributed by atoms with Crippen LogP contribution in [-0.4, -0.2) is 26.5 Å². The van der Waals surface area contributed by atoms with Crippen molar-refractivity contribution in [1.82, 2.24) is 19.9 Å². The van der Waals surface area contributed by atoms with E-state index in [4.69, 9.17) is 5.73 Å². The summed E-state index contributed by atoms with van der Waals surface area (Å²) < 4.78 is 1.99. The number of aryl methyl sites for hydroxylation is 1. The monoisotopic (exact) mass is 349 g/mol. The number of benzene rings is 1. The van der Waals surface area contributed by atoms with Crippen LogP contribution in [0.15, 0.2) is 61.2 Å². The number of nitrogens with zero attached hydrogens (tertiary/aromatic N) is 3. The molecule has 1 atom stereocenters. The number of rotatable bonds is 7. The van der Waals surface area contributed by atoms with E-state index >= 15 is 0 Å². The first-order valence-electron chi connectivity index (χ1n) is 8.60. The van der Waals surface area contributed by atoms with Crippen LogP contribution in [0.4, 0.5) is 0 Å². The zero-order valence-corrected chi connectivity index (χ0v) is 14.8. The Kier molecular flexibility index (Phi) is 5.76. The van der Waals surface area contributed by atoms with Crippen molar-refractivity contribution in [3.8, 4) is 0 Å². The van der Waals surface area contributed by atoms with Gasteiger partial charge in [0.1, 0.15) is 0 Å². The Morgan fingerprint density at radius 2 is 2.00 bits per heavy atom. The summed E-state index contributed by atoms with van der Waals surface area (Å²) >= 11 is 0. The van der Waals surface area contributed by atoms with E-state index in [0.29, 0.717) is 13.0 Å². The standard InChI is InChI=1S/C20H23N5O/c1-15-6-5-9-22-19(15)11-23-20(26)18(21)10-17-13-25(14-24-17)12-16-7-3-2-4-8-16/h2-9,13-14,18H,10-12,21H2,1H3,(H,23,26)/t18-/m0/s1. The average molecular weight is 349 g/mol. The molecular formula is C20H23N5O. The number of pyridine rings is 1. The number of carbonyl (C=O) groups excluding carboxylic acids is 1. The lowest BCUT2D eigenvalue weighted by Gasteiger charge is -2.11. The van der Waals surface area contributed by atoms with Crippen molar-refractivity contribution in [1.29, 1.82) is 0 Å². The molecule has 0 aliphatic rings. The highest BCUT2D eigenvalue weighted by atomic mass is 16.2. The number of hydrogen-bond donors (Lipinski definition) is 2. The van der Waals surface area contributed by atoms with Gasteiger partial charge in [0.05, 0.1) is 30.3 Å². The Balaban J connectivity index is 1.52. The molecule has 0 saturated carbocycles. The summed E-state index contributed by atoms with van der Waals surface area (Å²) in [6.07, 6.45) is 5.82. The van der Waals surface area contributed by atoms with Gasteiger partial charge in [0.15, 0.2) is 0 Å². The molecule has 3 rings (SSSR count). The van der Waals surface area contributed by atoms with Gasteiger partial charge >= 0.3 is 0 Å². The first-order chi connectivity index (χ1) is 12.6. The van der Waals surface area contributed by atoms with Crippen molar-refractivity contribution in [2.45, 2.75) is 32.5 Å². The van der Waals surface area contributed by atoms with E-state index in [1.165, 1.54) is 5.56 Å². The molecule has 1 amide bonds. The van der Waals surface area contributed by atoms with Gasteiger partial charge in [-0.2, -0.15) is 0 Å². The van der Waals surface area contributed by atoms with Gasteiger partial charge in [0, 0.05) is 25.4 Å². The van der Waals surface area contributed by atoms with E-state index in [-0.39, 0.29) is 5.91 Å². The molecule has 1 aromatic carbocycles. The van der Waals surface area contributed by atoms with Crippen LogP contribution in [0, 0.1) is 6.92 Å². The number of hydrogen-bond acceptors (Lipinski definition) is 4. The number of imidazole rings is 1. The van der Waals surface area contributed by atoms with Gasteiger partial charge in [-0.05, 0) is 24.1 Å². The van der Waals surface area contributed by atoms with Gasteiger partial charge in [0.25, 0.3) is 0 Å². The Morgan fingerprint density at radius 3 is 2.77 bits per heavy atom. The maximum Gasteiger partial charge on any atom is 0.237 e. The highest BCUT2D eigenvalue weighted by Gasteiger charge is 2.15. The molecule has 26 heavy (non-hydrogen) atoms.